The summed E-state index contributed by atoms with van der Waals surface area (Å²) in [5, 5.41) is 8.74. The van der Waals surface area contributed by atoms with Crippen LogP contribution in [0.3, 0.4) is 0 Å². The Bertz CT molecular complexity index is 789. The van der Waals surface area contributed by atoms with Gasteiger partial charge in [0.1, 0.15) is 0 Å². The van der Waals surface area contributed by atoms with E-state index in [2.05, 4.69) is 6.07 Å². The van der Waals surface area contributed by atoms with Crippen molar-refractivity contribution in [1.29, 1.82) is 5.26 Å². The predicted octanol–water partition coefficient (Wildman–Crippen LogP) is 3.96. The summed E-state index contributed by atoms with van der Waals surface area (Å²) < 4.78 is 0. The number of benzene rings is 2. The fourth-order valence-corrected chi connectivity index (χ4v) is 3.08. The van der Waals surface area contributed by atoms with Crippen LogP contribution in [0.2, 0.25) is 0 Å². The Balaban J connectivity index is 2.00. The van der Waals surface area contributed by atoms with Crippen molar-refractivity contribution in [2.75, 3.05) is 4.90 Å². The normalized spacial score (nSPS) is 19.8. The van der Waals surface area contributed by atoms with Crippen molar-refractivity contribution in [3.63, 3.8) is 0 Å². The average Bonchev–Trinajstić information content (AvgIpc) is 2.79. The molecule has 0 spiro atoms. The van der Waals surface area contributed by atoms with Crippen LogP contribution in [0.1, 0.15) is 24.5 Å². The Morgan fingerprint density at radius 2 is 1.83 bits per heavy atom. The van der Waals surface area contributed by atoms with Crippen LogP contribution in [0.4, 0.5) is 5.69 Å². The number of nitrogens with zero attached hydrogens (tertiary/aromatic N) is 2. The second kappa shape index (κ2) is 6.10. The third-order valence-electron chi connectivity index (χ3n) is 4.29. The summed E-state index contributed by atoms with van der Waals surface area (Å²) in [5.41, 5.74) is 2.34. The van der Waals surface area contributed by atoms with Gasteiger partial charge in [-0.2, -0.15) is 5.26 Å². The highest BCUT2D eigenvalue weighted by Crippen LogP contribution is 2.43. The van der Waals surface area contributed by atoms with Crippen LogP contribution in [0.25, 0.3) is 0 Å². The zero-order valence-electron chi connectivity index (χ0n) is 13.1. The minimum Gasteiger partial charge on any atom is -0.307 e. The maximum atomic E-state index is 13.1. The predicted molar refractivity (Wildman–Crippen MR) is 90.8 cm³/mol. The molecule has 0 N–H and O–H groups in total. The van der Waals surface area contributed by atoms with Gasteiger partial charge in [0, 0.05) is 5.69 Å². The molecule has 1 aliphatic heterocycles. The van der Waals surface area contributed by atoms with Gasteiger partial charge in [-0.1, -0.05) is 60.7 Å². The van der Waals surface area contributed by atoms with Crippen LogP contribution in [-0.2, 0) is 16.8 Å². The first-order valence-electron chi connectivity index (χ1n) is 7.67. The molecule has 1 amide bonds. The van der Waals surface area contributed by atoms with E-state index < -0.39 is 5.41 Å². The van der Waals surface area contributed by atoms with Crippen molar-refractivity contribution >= 4 is 11.6 Å². The molecule has 0 aliphatic carbocycles. The number of allylic oxidation sites excluding steroid dienone is 1. The van der Waals surface area contributed by atoms with E-state index in [-0.39, 0.29) is 5.91 Å². The number of anilines is 1. The first-order valence-corrected chi connectivity index (χ1v) is 7.67. The lowest BCUT2D eigenvalue weighted by atomic mass is 9.83. The molecule has 114 valence electrons. The number of para-hydroxylation sites is 1. The van der Waals surface area contributed by atoms with E-state index in [1.165, 1.54) is 0 Å². The van der Waals surface area contributed by atoms with E-state index in [0.29, 0.717) is 13.0 Å². The lowest BCUT2D eigenvalue weighted by Gasteiger charge is -2.21. The van der Waals surface area contributed by atoms with Crippen molar-refractivity contribution in [2.45, 2.75) is 25.3 Å². The van der Waals surface area contributed by atoms with Gasteiger partial charge in [0.2, 0.25) is 5.91 Å². The molecule has 0 saturated carbocycles. The number of carbonyl (C=O) groups excluding carboxylic acids is 1. The van der Waals surface area contributed by atoms with Crippen LogP contribution in [0.5, 0.6) is 0 Å². The summed E-state index contributed by atoms with van der Waals surface area (Å²) in [5.74, 6) is 0.0525. The Kier molecular flexibility index (Phi) is 3.99. The molecule has 3 rings (SSSR count). The van der Waals surface area contributed by atoms with Crippen LogP contribution >= 0.6 is 0 Å². The summed E-state index contributed by atoms with van der Waals surface area (Å²) in [4.78, 5) is 14.9. The molecule has 23 heavy (non-hydrogen) atoms. The monoisotopic (exact) mass is 302 g/mol. The van der Waals surface area contributed by atoms with Crippen LogP contribution in [0, 0.1) is 11.3 Å². The fourth-order valence-electron chi connectivity index (χ4n) is 3.08. The Morgan fingerprint density at radius 1 is 1.13 bits per heavy atom. The van der Waals surface area contributed by atoms with E-state index >= 15 is 0 Å². The number of nitriles is 1. The Labute approximate surface area is 136 Å². The Hall–Kier alpha value is -2.86. The number of carbonyl (C=O) groups is 1. The van der Waals surface area contributed by atoms with Gasteiger partial charge in [-0.15, -0.1) is 0 Å². The topological polar surface area (TPSA) is 44.1 Å². The molecule has 3 nitrogen and oxygen atoms in total. The summed E-state index contributed by atoms with van der Waals surface area (Å²) in [7, 11) is 0. The molecule has 0 aromatic heterocycles. The highest BCUT2D eigenvalue weighted by Gasteiger charge is 2.45. The number of hydrogen-bond donors (Lipinski definition) is 0. The number of rotatable bonds is 4. The lowest BCUT2D eigenvalue weighted by molar-refractivity contribution is -0.121. The minimum atomic E-state index is -0.706. The van der Waals surface area contributed by atoms with E-state index in [4.69, 9.17) is 5.26 Å². The molecule has 0 saturated heterocycles. The molecule has 1 atom stereocenters. The maximum Gasteiger partial charge on any atom is 0.241 e. The SMILES string of the molecule is CC1(/C=C/CC#N)C(=O)N(Cc2ccccc2)c2ccccc21. The van der Waals surface area contributed by atoms with E-state index in [1.807, 2.05) is 72.5 Å². The van der Waals surface area contributed by atoms with Gasteiger partial charge in [-0.05, 0) is 24.1 Å². The molecule has 0 fully saturated rings. The van der Waals surface area contributed by atoms with Gasteiger partial charge in [-0.25, -0.2) is 0 Å². The average molecular weight is 302 g/mol. The standard InChI is InChI=1S/C20H18N2O/c1-20(13-7-8-14-21)17-11-5-6-12-18(17)22(19(20)23)15-16-9-3-2-4-10-16/h2-7,9-13H,8,15H2,1H3/b13-7+. The summed E-state index contributed by atoms with van der Waals surface area (Å²) >= 11 is 0. The van der Waals surface area contributed by atoms with Crippen molar-refractivity contribution in [2.24, 2.45) is 0 Å². The molecular weight excluding hydrogens is 284 g/mol. The van der Waals surface area contributed by atoms with Crippen LogP contribution in [0.15, 0.2) is 66.7 Å². The van der Waals surface area contributed by atoms with E-state index in [1.54, 1.807) is 6.08 Å². The van der Waals surface area contributed by atoms with E-state index in [0.717, 1.165) is 16.8 Å². The summed E-state index contributed by atoms with van der Waals surface area (Å²) in [6, 6.07) is 20.0. The van der Waals surface area contributed by atoms with Crippen molar-refractivity contribution in [3.05, 3.63) is 77.9 Å². The van der Waals surface area contributed by atoms with E-state index in [9.17, 15) is 4.79 Å². The first kappa shape index (κ1) is 15.1. The van der Waals surface area contributed by atoms with Gasteiger partial charge in [0.25, 0.3) is 0 Å². The minimum absolute atomic E-state index is 0.0525. The molecule has 1 aliphatic rings. The molecule has 1 heterocycles. The number of amides is 1. The molecule has 2 aromatic carbocycles. The summed E-state index contributed by atoms with van der Waals surface area (Å²) in [6.45, 7) is 2.48. The molecule has 2 aromatic rings. The third kappa shape index (κ3) is 2.64. The molecule has 3 heteroatoms. The highest BCUT2D eigenvalue weighted by molar-refractivity contribution is 6.09. The zero-order valence-corrected chi connectivity index (χ0v) is 13.1. The smallest absolute Gasteiger partial charge is 0.241 e. The molecule has 0 bridgehead atoms. The quantitative estimate of drug-likeness (QED) is 0.802. The second-order valence-electron chi connectivity index (χ2n) is 5.86. The third-order valence-corrected chi connectivity index (χ3v) is 4.29. The number of hydrogen-bond acceptors (Lipinski definition) is 2. The lowest BCUT2D eigenvalue weighted by Crippen LogP contribution is -2.36. The van der Waals surface area contributed by atoms with Crippen molar-refractivity contribution < 1.29 is 4.79 Å². The fraction of sp³-hybridized carbons (Fsp3) is 0.200. The van der Waals surface area contributed by atoms with Crippen LogP contribution < -0.4 is 4.90 Å². The highest BCUT2D eigenvalue weighted by atomic mass is 16.2. The van der Waals surface area contributed by atoms with Crippen molar-refractivity contribution in [1.82, 2.24) is 0 Å². The van der Waals surface area contributed by atoms with Gasteiger partial charge >= 0.3 is 0 Å². The first-order chi connectivity index (χ1) is 11.2. The molecule has 0 radical (unpaired) electrons. The molecule has 1 unspecified atom stereocenters. The van der Waals surface area contributed by atoms with Gasteiger partial charge in [0.05, 0.1) is 24.4 Å². The number of fused-ring (bicyclic) bond motifs is 1. The Morgan fingerprint density at radius 3 is 2.57 bits per heavy atom. The van der Waals surface area contributed by atoms with Gasteiger partial charge in [-0.3, -0.25) is 4.79 Å². The second-order valence-corrected chi connectivity index (χ2v) is 5.86. The van der Waals surface area contributed by atoms with Gasteiger partial charge in [0.15, 0.2) is 0 Å². The molecular formula is C20H18N2O. The van der Waals surface area contributed by atoms with Crippen molar-refractivity contribution in [3.8, 4) is 6.07 Å². The van der Waals surface area contributed by atoms with Gasteiger partial charge < -0.3 is 4.90 Å². The zero-order chi connectivity index (χ0) is 16.3. The van der Waals surface area contributed by atoms with Crippen LogP contribution in [-0.4, -0.2) is 5.91 Å². The largest absolute Gasteiger partial charge is 0.307 e. The summed E-state index contributed by atoms with van der Waals surface area (Å²) in [6.07, 6.45) is 3.95. The maximum absolute atomic E-state index is 13.1.